The number of benzene rings is 1. The fraction of sp³-hybridized carbons (Fsp3) is 0.533. The molecular weight excluding hydrogens is 306 g/mol. The van der Waals surface area contributed by atoms with Crippen molar-refractivity contribution in [2.24, 2.45) is 5.92 Å². The Kier molecular flexibility index (Phi) is 6.35. The third-order valence-corrected chi connectivity index (χ3v) is 4.03. The van der Waals surface area contributed by atoms with Gasteiger partial charge in [0.05, 0.1) is 6.10 Å². The summed E-state index contributed by atoms with van der Waals surface area (Å²) >= 11 is 3.55. The molecule has 0 heterocycles. The molecule has 0 aliphatic carbocycles. The van der Waals surface area contributed by atoms with Gasteiger partial charge in [0.1, 0.15) is 5.75 Å². The standard InChI is InChI=1S/C15H22BrNO2/c1-10(2)14(16)9-17-15(18)12-6-5-7-13(8-12)19-11(3)4/h5-8,10-11,14H,9H2,1-4H3,(H,17,18). The molecule has 3 nitrogen and oxygen atoms in total. The maximum Gasteiger partial charge on any atom is 0.251 e. The number of nitrogens with one attached hydrogen (secondary N) is 1. The Morgan fingerprint density at radius 1 is 1.32 bits per heavy atom. The van der Waals surface area contributed by atoms with Crippen molar-refractivity contribution in [2.45, 2.75) is 38.6 Å². The van der Waals surface area contributed by atoms with Gasteiger partial charge in [-0.3, -0.25) is 4.79 Å². The largest absolute Gasteiger partial charge is 0.491 e. The van der Waals surface area contributed by atoms with Gasteiger partial charge in [0.2, 0.25) is 0 Å². The molecule has 1 rings (SSSR count). The molecule has 0 saturated heterocycles. The van der Waals surface area contributed by atoms with E-state index in [4.69, 9.17) is 4.74 Å². The second-order valence-corrected chi connectivity index (χ2v) is 6.34. The van der Waals surface area contributed by atoms with E-state index >= 15 is 0 Å². The Bertz CT molecular complexity index is 418. The first-order chi connectivity index (χ1) is 8.90. The van der Waals surface area contributed by atoms with Gasteiger partial charge in [-0.1, -0.05) is 35.8 Å². The van der Waals surface area contributed by atoms with Crippen LogP contribution in [0.5, 0.6) is 5.75 Å². The van der Waals surface area contributed by atoms with Crippen LogP contribution < -0.4 is 10.1 Å². The topological polar surface area (TPSA) is 38.3 Å². The molecule has 0 fully saturated rings. The number of ether oxygens (including phenoxy) is 1. The fourth-order valence-electron chi connectivity index (χ4n) is 1.51. The van der Waals surface area contributed by atoms with Crippen LogP contribution in [0, 0.1) is 5.92 Å². The van der Waals surface area contributed by atoms with Crippen LogP contribution in [0.25, 0.3) is 0 Å². The molecule has 4 heteroatoms. The van der Waals surface area contributed by atoms with E-state index in [2.05, 4.69) is 35.1 Å². The van der Waals surface area contributed by atoms with Crippen LogP contribution in [-0.4, -0.2) is 23.4 Å². The second kappa shape index (κ2) is 7.53. The minimum Gasteiger partial charge on any atom is -0.491 e. The minimum atomic E-state index is -0.0701. The van der Waals surface area contributed by atoms with Crippen molar-refractivity contribution in [1.29, 1.82) is 0 Å². The van der Waals surface area contributed by atoms with Crippen LogP contribution >= 0.6 is 15.9 Å². The molecule has 1 aromatic rings. The molecule has 0 saturated carbocycles. The molecule has 1 unspecified atom stereocenters. The summed E-state index contributed by atoms with van der Waals surface area (Å²) < 4.78 is 5.58. The highest BCUT2D eigenvalue weighted by Gasteiger charge is 2.12. The second-order valence-electron chi connectivity index (χ2n) is 5.16. The number of carbonyl (C=O) groups excluding carboxylic acids is 1. The SMILES string of the molecule is CC(C)Oc1cccc(C(=O)NCC(Br)C(C)C)c1. The molecule has 0 spiro atoms. The third-order valence-electron chi connectivity index (χ3n) is 2.65. The van der Waals surface area contributed by atoms with E-state index in [1.165, 1.54) is 0 Å². The average Bonchev–Trinajstić information content (AvgIpc) is 2.34. The van der Waals surface area contributed by atoms with Gasteiger partial charge in [0.25, 0.3) is 5.91 Å². The van der Waals surface area contributed by atoms with Gasteiger partial charge in [-0.25, -0.2) is 0 Å². The van der Waals surface area contributed by atoms with Crippen molar-refractivity contribution in [3.63, 3.8) is 0 Å². The van der Waals surface area contributed by atoms with Crippen molar-refractivity contribution in [2.75, 3.05) is 6.54 Å². The summed E-state index contributed by atoms with van der Waals surface area (Å²) in [7, 11) is 0. The Morgan fingerprint density at radius 2 is 2.00 bits per heavy atom. The number of alkyl halides is 1. The molecule has 1 N–H and O–H groups in total. The van der Waals surface area contributed by atoms with Gasteiger partial charge in [0, 0.05) is 16.9 Å². The number of amides is 1. The molecular formula is C15H22BrNO2. The predicted octanol–water partition coefficient (Wildman–Crippen LogP) is 3.62. The van der Waals surface area contributed by atoms with Gasteiger partial charge < -0.3 is 10.1 Å². The normalized spacial score (nSPS) is 12.6. The average molecular weight is 328 g/mol. The first kappa shape index (κ1) is 16.0. The van der Waals surface area contributed by atoms with E-state index in [1.807, 2.05) is 26.0 Å². The Balaban J connectivity index is 2.61. The van der Waals surface area contributed by atoms with Crippen LogP contribution in [0.2, 0.25) is 0 Å². The summed E-state index contributed by atoms with van der Waals surface area (Å²) in [4.78, 5) is 12.3. The Morgan fingerprint density at radius 3 is 2.58 bits per heavy atom. The summed E-state index contributed by atoms with van der Waals surface area (Å²) in [5.74, 6) is 1.14. The zero-order valence-corrected chi connectivity index (χ0v) is 13.5. The molecule has 0 aromatic heterocycles. The molecule has 0 radical (unpaired) electrons. The van der Waals surface area contributed by atoms with Crippen molar-refractivity contribution in [3.05, 3.63) is 29.8 Å². The first-order valence-corrected chi connectivity index (χ1v) is 7.50. The summed E-state index contributed by atoms with van der Waals surface area (Å²) in [6.45, 7) is 8.77. The van der Waals surface area contributed by atoms with Crippen molar-refractivity contribution >= 4 is 21.8 Å². The summed E-state index contributed by atoms with van der Waals surface area (Å²) in [6, 6.07) is 7.26. The van der Waals surface area contributed by atoms with Crippen LogP contribution in [0.3, 0.4) is 0 Å². The smallest absolute Gasteiger partial charge is 0.251 e. The zero-order valence-electron chi connectivity index (χ0n) is 11.9. The van der Waals surface area contributed by atoms with Crippen LogP contribution in [0.15, 0.2) is 24.3 Å². The van der Waals surface area contributed by atoms with E-state index < -0.39 is 0 Å². The summed E-state index contributed by atoms with van der Waals surface area (Å²) in [5, 5.41) is 2.92. The van der Waals surface area contributed by atoms with Crippen LogP contribution in [0.4, 0.5) is 0 Å². The minimum absolute atomic E-state index is 0.0701. The first-order valence-electron chi connectivity index (χ1n) is 6.59. The summed E-state index contributed by atoms with van der Waals surface area (Å²) in [5.41, 5.74) is 0.626. The summed E-state index contributed by atoms with van der Waals surface area (Å²) in [6.07, 6.45) is 0.103. The van der Waals surface area contributed by atoms with E-state index in [9.17, 15) is 4.79 Å². The fourth-order valence-corrected chi connectivity index (χ4v) is 1.67. The van der Waals surface area contributed by atoms with Gasteiger partial charge in [-0.2, -0.15) is 0 Å². The lowest BCUT2D eigenvalue weighted by atomic mass is 10.1. The number of halogens is 1. The molecule has 0 bridgehead atoms. The lowest BCUT2D eigenvalue weighted by Gasteiger charge is -2.15. The van der Waals surface area contributed by atoms with Gasteiger partial charge in [-0.15, -0.1) is 0 Å². The quantitative estimate of drug-likeness (QED) is 0.810. The molecule has 1 aromatic carbocycles. The van der Waals surface area contributed by atoms with Gasteiger partial charge in [-0.05, 0) is 38.0 Å². The van der Waals surface area contributed by atoms with Crippen LogP contribution in [0.1, 0.15) is 38.1 Å². The molecule has 1 amide bonds. The third kappa shape index (κ3) is 5.64. The van der Waals surface area contributed by atoms with E-state index in [1.54, 1.807) is 12.1 Å². The van der Waals surface area contributed by atoms with Crippen LogP contribution in [-0.2, 0) is 0 Å². The van der Waals surface area contributed by atoms with Gasteiger partial charge >= 0.3 is 0 Å². The number of hydrogen-bond acceptors (Lipinski definition) is 2. The highest BCUT2D eigenvalue weighted by molar-refractivity contribution is 9.09. The van der Waals surface area contributed by atoms with Crippen molar-refractivity contribution in [1.82, 2.24) is 5.32 Å². The van der Waals surface area contributed by atoms with Crippen molar-refractivity contribution in [3.8, 4) is 5.75 Å². The highest BCUT2D eigenvalue weighted by atomic mass is 79.9. The lowest BCUT2D eigenvalue weighted by molar-refractivity contribution is 0.0952. The lowest BCUT2D eigenvalue weighted by Crippen LogP contribution is -2.31. The molecule has 0 aliphatic heterocycles. The predicted molar refractivity (Wildman–Crippen MR) is 82.1 cm³/mol. The monoisotopic (exact) mass is 327 g/mol. The molecule has 19 heavy (non-hydrogen) atoms. The molecule has 0 aliphatic rings. The van der Waals surface area contributed by atoms with Crippen molar-refractivity contribution < 1.29 is 9.53 Å². The van der Waals surface area contributed by atoms with E-state index in [0.717, 1.165) is 5.75 Å². The van der Waals surface area contributed by atoms with E-state index in [0.29, 0.717) is 18.0 Å². The maximum atomic E-state index is 12.0. The number of hydrogen-bond donors (Lipinski definition) is 1. The Hall–Kier alpha value is -1.03. The van der Waals surface area contributed by atoms with Gasteiger partial charge in [0.15, 0.2) is 0 Å². The number of rotatable bonds is 6. The molecule has 1 atom stereocenters. The maximum absolute atomic E-state index is 12.0. The zero-order chi connectivity index (χ0) is 14.4. The Labute approximate surface area is 123 Å². The van der Waals surface area contributed by atoms with E-state index in [-0.39, 0.29) is 16.8 Å². The number of carbonyl (C=O) groups is 1. The highest BCUT2D eigenvalue weighted by Crippen LogP contribution is 2.15. The molecule has 106 valence electrons.